The van der Waals surface area contributed by atoms with Crippen LogP contribution in [0.3, 0.4) is 0 Å². The van der Waals surface area contributed by atoms with Gasteiger partial charge in [-0.1, -0.05) is 0 Å². The van der Waals surface area contributed by atoms with E-state index in [0.717, 1.165) is 4.46 Å². The van der Waals surface area contributed by atoms with Crippen LogP contribution in [0.4, 0.5) is 5.69 Å². The molecule has 0 unspecified atom stereocenters. The van der Waals surface area contributed by atoms with Crippen LogP contribution in [0.1, 0.15) is 0 Å². The van der Waals surface area contributed by atoms with E-state index >= 15 is 0 Å². The number of benzene rings is 1. The summed E-state index contributed by atoms with van der Waals surface area (Å²) in [5, 5.41) is 10.2. The van der Waals surface area contributed by atoms with Crippen molar-refractivity contribution in [3.8, 4) is 0 Å². The van der Waals surface area contributed by atoms with Crippen molar-refractivity contribution in [2.75, 3.05) is 0 Å². The van der Waals surface area contributed by atoms with Crippen LogP contribution >= 0.6 is 14.1 Å². The third kappa shape index (κ3) is 2.29. The zero-order chi connectivity index (χ0) is 8.27. The molecule has 0 aliphatic heterocycles. The Kier molecular flexibility index (Phi) is 3.05. The van der Waals surface area contributed by atoms with Crippen LogP contribution in [-0.2, 0) is 0 Å². The Hall–Kier alpha value is -0.381. The first-order chi connectivity index (χ1) is 5.24. The van der Waals surface area contributed by atoms with E-state index in [0.29, 0.717) is 0 Å². The fraction of sp³-hybridized carbons (Fsp3) is 0. The predicted octanol–water partition coefficient (Wildman–Crippen LogP) is 1.23. The van der Waals surface area contributed by atoms with Crippen molar-refractivity contribution in [1.29, 1.82) is 0 Å². The molecule has 11 heavy (non-hydrogen) atoms. The third-order valence-corrected chi connectivity index (χ3v) is 4.02. The predicted molar refractivity (Wildman–Crippen MR) is 47.4 cm³/mol. The molecule has 5 heteroatoms. The molecule has 58 valence electrons. The van der Waals surface area contributed by atoms with Gasteiger partial charge >= 0.3 is 76.7 Å². The van der Waals surface area contributed by atoms with Gasteiger partial charge in [0.2, 0.25) is 0 Å². The van der Waals surface area contributed by atoms with Crippen molar-refractivity contribution in [3.63, 3.8) is 0 Å². The molecule has 1 rings (SSSR count). The van der Waals surface area contributed by atoms with E-state index in [9.17, 15) is 10.1 Å². The third-order valence-electron chi connectivity index (χ3n) is 1.14. The summed E-state index contributed by atoms with van der Waals surface area (Å²) in [6.07, 6.45) is 0. The summed E-state index contributed by atoms with van der Waals surface area (Å²) < 4.78 is 1.10. The van der Waals surface area contributed by atoms with E-state index < -0.39 is 4.92 Å². The van der Waals surface area contributed by atoms with E-state index in [4.69, 9.17) is 0 Å². The number of non-ortho nitro benzene ring substituents is 1. The van der Waals surface area contributed by atoms with Gasteiger partial charge in [0.05, 0.1) is 0 Å². The molecule has 1 aromatic rings. The summed E-state index contributed by atoms with van der Waals surface area (Å²) in [4.78, 5) is 9.80. The molecule has 0 N–H and O–H groups in total. The maximum atomic E-state index is 10.2. The number of hydrogen-bond acceptors (Lipinski definition) is 2. The number of halogens is 1. The quantitative estimate of drug-likeness (QED) is 0.465. The summed E-state index contributed by atoms with van der Waals surface area (Å²) in [5.74, 6) is 0. The molecule has 0 bridgehead atoms. The standard InChI is InChI=1S/C6H4BrNO2Se/c7-11-6-3-1-5(2-4-6)8(9)10/h1-4H. The van der Waals surface area contributed by atoms with Crippen LogP contribution in [0.2, 0.25) is 0 Å². The Morgan fingerprint density at radius 1 is 1.36 bits per heavy atom. The molecule has 0 aliphatic rings. The second kappa shape index (κ2) is 3.85. The monoisotopic (exact) mass is 281 g/mol. The van der Waals surface area contributed by atoms with Crippen LogP contribution in [0, 0.1) is 10.1 Å². The molecule has 0 aromatic heterocycles. The zero-order valence-electron chi connectivity index (χ0n) is 5.36. The Morgan fingerprint density at radius 2 is 1.91 bits per heavy atom. The van der Waals surface area contributed by atoms with E-state index in [2.05, 4.69) is 14.1 Å². The van der Waals surface area contributed by atoms with E-state index in [1.54, 1.807) is 12.1 Å². The molecular formula is C6H4BrNO2Se. The van der Waals surface area contributed by atoms with Crippen LogP contribution < -0.4 is 4.46 Å². The molecule has 0 saturated heterocycles. The van der Waals surface area contributed by atoms with Gasteiger partial charge in [0.1, 0.15) is 0 Å². The van der Waals surface area contributed by atoms with Gasteiger partial charge in [-0.15, -0.1) is 0 Å². The molecule has 0 amide bonds. The van der Waals surface area contributed by atoms with Crippen molar-refractivity contribution < 1.29 is 4.92 Å². The van der Waals surface area contributed by atoms with Crippen molar-refractivity contribution in [2.45, 2.75) is 0 Å². The van der Waals surface area contributed by atoms with Crippen molar-refractivity contribution >= 4 is 37.4 Å². The topological polar surface area (TPSA) is 43.1 Å². The van der Waals surface area contributed by atoms with Crippen LogP contribution in [0.25, 0.3) is 0 Å². The Balaban J connectivity index is 2.91. The fourth-order valence-corrected chi connectivity index (χ4v) is 2.24. The first kappa shape index (κ1) is 8.71. The number of nitro benzene ring substituents is 1. The average Bonchev–Trinajstić information content (AvgIpc) is 2.05. The summed E-state index contributed by atoms with van der Waals surface area (Å²) in [6, 6.07) is 6.54. The summed E-state index contributed by atoms with van der Waals surface area (Å²) >= 11 is 3.55. The molecular weight excluding hydrogens is 277 g/mol. The van der Waals surface area contributed by atoms with E-state index in [1.807, 2.05) is 0 Å². The minimum atomic E-state index is -0.398. The van der Waals surface area contributed by atoms with Crippen molar-refractivity contribution in [1.82, 2.24) is 0 Å². The minimum absolute atomic E-state index is 0.144. The fourth-order valence-electron chi connectivity index (χ4n) is 0.619. The SMILES string of the molecule is O=[N+]([O-])c1ccc([Se]Br)cc1. The molecule has 3 nitrogen and oxygen atoms in total. The summed E-state index contributed by atoms with van der Waals surface area (Å²) in [6.45, 7) is 0. The van der Waals surface area contributed by atoms with Gasteiger partial charge in [0.15, 0.2) is 0 Å². The normalized spacial score (nSPS) is 9.55. The van der Waals surface area contributed by atoms with Crippen molar-refractivity contribution in [3.05, 3.63) is 34.4 Å². The molecule has 0 fully saturated rings. The molecule has 0 spiro atoms. The van der Waals surface area contributed by atoms with Gasteiger partial charge in [0, 0.05) is 0 Å². The van der Waals surface area contributed by atoms with Crippen LogP contribution in [0.5, 0.6) is 0 Å². The Morgan fingerprint density at radius 3 is 2.27 bits per heavy atom. The second-order valence-corrected chi connectivity index (χ2v) is 4.82. The van der Waals surface area contributed by atoms with E-state index in [-0.39, 0.29) is 18.8 Å². The van der Waals surface area contributed by atoms with Gasteiger partial charge in [-0.25, -0.2) is 0 Å². The molecule has 1 aromatic carbocycles. The first-order valence-corrected chi connectivity index (χ1v) is 7.64. The van der Waals surface area contributed by atoms with Gasteiger partial charge < -0.3 is 0 Å². The number of nitro groups is 1. The van der Waals surface area contributed by atoms with Gasteiger partial charge in [-0.05, 0) is 0 Å². The molecule has 0 atom stereocenters. The Labute approximate surface area is 76.8 Å². The summed E-state index contributed by atoms with van der Waals surface area (Å²) in [5.41, 5.74) is 0.144. The van der Waals surface area contributed by atoms with Crippen LogP contribution in [-0.4, -0.2) is 18.1 Å². The van der Waals surface area contributed by atoms with Gasteiger partial charge in [-0.2, -0.15) is 0 Å². The number of nitrogens with zero attached hydrogens (tertiary/aromatic N) is 1. The first-order valence-electron chi connectivity index (χ1n) is 2.77. The molecule has 0 radical (unpaired) electrons. The van der Waals surface area contributed by atoms with Crippen molar-refractivity contribution in [2.24, 2.45) is 0 Å². The molecule has 0 aliphatic carbocycles. The van der Waals surface area contributed by atoms with Crippen LogP contribution in [0.15, 0.2) is 24.3 Å². The Bertz CT molecular complexity index is 262. The second-order valence-electron chi connectivity index (χ2n) is 1.83. The van der Waals surface area contributed by atoms with E-state index in [1.165, 1.54) is 12.1 Å². The number of hydrogen-bond donors (Lipinski definition) is 0. The zero-order valence-corrected chi connectivity index (χ0v) is 8.66. The van der Waals surface area contributed by atoms with Gasteiger partial charge in [-0.3, -0.25) is 0 Å². The summed E-state index contributed by atoms with van der Waals surface area (Å²) in [7, 11) is 0. The number of rotatable bonds is 2. The van der Waals surface area contributed by atoms with Gasteiger partial charge in [0.25, 0.3) is 0 Å². The maximum absolute atomic E-state index is 10.2. The average molecular weight is 281 g/mol. The molecule has 0 saturated carbocycles. The molecule has 0 heterocycles.